The van der Waals surface area contributed by atoms with Gasteiger partial charge in [0, 0.05) is 24.0 Å². The number of ether oxygens (including phenoxy) is 1. The van der Waals surface area contributed by atoms with Gasteiger partial charge >= 0.3 is 0 Å². The number of carbonyl (C=O) groups excluding carboxylic acids is 2. The first-order valence-corrected chi connectivity index (χ1v) is 14.4. The molecular formula is C31H34BrClN2O3. The van der Waals surface area contributed by atoms with Crippen molar-refractivity contribution in [1.82, 2.24) is 10.2 Å². The van der Waals surface area contributed by atoms with Gasteiger partial charge in [0.2, 0.25) is 5.91 Å². The van der Waals surface area contributed by atoms with Gasteiger partial charge in [0.15, 0.2) is 6.61 Å². The van der Waals surface area contributed by atoms with E-state index in [1.54, 1.807) is 17.0 Å². The molecule has 0 aliphatic heterocycles. The number of nitrogens with zero attached hydrogens (tertiary/aromatic N) is 1. The Morgan fingerprint density at radius 1 is 1.00 bits per heavy atom. The van der Waals surface area contributed by atoms with Crippen molar-refractivity contribution in [1.29, 1.82) is 0 Å². The molecule has 1 aliphatic rings. The average Bonchev–Trinajstić information content (AvgIpc) is 3.44. The van der Waals surface area contributed by atoms with Gasteiger partial charge in [0.05, 0.1) is 4.47 Å². The molecule has 0 saturated heterocycles. The third kappa shape index (κ3) is 7.84. The van der Waals surface area contributed by atoms with E-state index in [0.717, 1.165) is 47.7 Å². The van der Waals surface area contributed by atoms with E-state index in [1.807, 2.05) is 60.7 Å². The summed E-state index contributed by atoms with van der Waals surface area (Å²) in [6, 6.07) is 22.5. The maximum atomic E-state index is 13.8. The zero-order valence-corrected chi connectivity index (χ0v) is 24.0. The van der Waals surface area contributed by atoms with Crippen LogP contribution in [0.4, 0.5) is 0 Å². The van der Waals surface area contributed by atoms with Crippen LogP contribution < -0.4 is 10.1 Å². The number of rotatable bonds is 11. The fourth-order valence-electron chi connectivity index (χ4n) is 4.81. The predicted molar refractivity (Wildman–Crippen MR) is 155 cm³/mol. The highest BCUT2D eigenvalue weighted by atomic mass is 79.9. The lowest BCUT2D eigenvalue weighted by atomic mass is 10.0. The quantitative estimate of drug-likeness (QED) is 0.266. The monoisotopic (exact) mass is 596 g/mol. The smallest absolute Gasteiger partial charge is 0.261 e. The number of halogens is 2. The Balaban J connectivity index is 1.60. The van der Waals surface area contributed by atoms with E-state index in [-0.39, 0.29) is 31.0 Å². The maximum Gasteiger partial charge on any atom is 0.261 e. The van der Waals surface area contributed by atoms with E-state index < -0.39 is 6.04 Å². The number of hydrogen-bond donors (Lipinski definition) is 1. The summed E-state index contributed by atoms with van der Waals surface area (Å²) in [6.07, 6.45) is 5.49. The van der Waals surface area contributed by atoms with Crippen molar-refractivity contribution < 1.29 is 14.3 Å². The van der Waals surface area contributed by atoms with Crippen LogP contribution in [-0.4, -0.2) is 35.4 Å². The average molecular weight is 598 g/mol. The highest BCUT2D eigenvalue weighted by Crippen LogP contribution is 2.27. The van der Waals surface area contributed by atoms with Gasteiger partial charge in [-0.25, -0.2) is 0 Å². The van der Waals surface area contributed by atoms with Crippen molar-refractivity contribution in [3.63, 3.8) is 0 Å². The molecule has 0 bridgehead atoms. The largest absolute Gasteiger partial charge is 0.483 e. The molecule has 1 aliphatic carbocycles. The molecule has 1 atom stereocenters. The van der Waals surface area contributed by atoms with E-state index in [4.69, 9.17) is 16.3 Å². The van der Waals surface area contributed by atoms with Crippen LogP contribution in [0.15, 0.2) is 77.3 Å². The molecule has 38 heavy (non-hydrogen) atoms. The lowest BCUT2D eigenvalue weighted by Crippen LogP contribution is -2.53. The molecule has 0 aromatic heterocycles. The molecule has 1 fully saturated rings. The van der Waals surface area contributed by atoms with E-state index in [0.29, 0.717) is 17.2 Å². The minimum atomic E-state index is -0.685. The van der Waals surface area contributed by atoms with E-state index in [9.17, 15) is 9.59 Å². The van der Waals surface area contributed by atoms with Gasteiger partial charge in [-0.05, 0) is 76.1 Å². The summed E-state index contributed by atoms with van der Waals surface area (Å²) >= 11 is 9.67. The van der Waals surface area contributed by atoms with Gasteiger partial charge in [0.25, 0.3) is 5.91 Å². The topological polar surface area (TPSA) is 58.6 Å². The molecule has 7 heteroatoms. The Kier molecular flexibility index (Phi) is 10.2. The summed E-state index contributed by atoms with van der Waals surface area (Å²) in [5, 5.41) is 3.84. The minimum absolute atomic E-state index is 0.128. The summed E-state index contributed by atoms with van der Waals surface area (Å²) in [6.45, 7) is 2.18. The van der Waals surface area contributed by atoms with Crippen molar-refractivity contribution in [2.24, 2.45) is 0 Å². The Hall–Kier alpha value is -2.83. The second kappa shape index (κ2) is 13.8. The van der Waals surface area contributed by atoms with E-state index in [1.165, 1.54) is 5.56 Å². The van der Waals surface area contributed by atoms with Gasteiger partial charge in [0.1, 0.15) is 11.8 Å². The molecule has 3 aromatic carbocycles. The number of nitrogens with one attached hydrogen (secondary N) is 1. The lowest BCUT2D eigenvalue weighted by Gasteiger charge is -2.32. The highest BCUT2D eigenvalue weighted by molar-refractivity contribution is 9.10. The van der Waals surface area contributed by atoms with Gasteiger partial charge in [-0.2, -0.15) is 0 Å². The predicted octanol–water partition coefficient (Wildman–Crippen LogP) is 6.74. The first-order valence-electron chi connectivity index (χ1n) is 13.2. The Bertz CT molecular complexity index is 1210. The normalized spacial score (nSPS) is 14.2. The third-order valence-electron chi connectivity index (χ3n) is 6.99. The summed E-state index contributed by atoms with van der Waals surface area (Å²) in [5.41, 5.74) is 3.06. The van der Waals surface area contributed by atoms with Gasteiger partial charge < -0.3 is 15.0 Å². The van der Waals surface area contributed by atoms with E-state index >= 15 is 0 Å². The molecule has 3 aromatic rings. The number of benzene rings is 3. The van der Waals surface area contributed by atoms with Crippen LogP contribution in [0, 0.1) is 0 Å². The summed E-state index contributed by atoms with van der Waals surface area (Å²) in [5.74, 6) is 0.211. The number of aryl methyl sites for hydroxylation is 1. The third-order valence-corrected chi connectivity index (χ3v) is 7.87. The van der Waals surface area contributed by atoms with Crippen LogP contribution in [0.5, 0.6) is 5.75 Å². The SMILES string of the molecule is CCc1ccc(OCC(=O)N(Cc2ccc(Cl)cc2)[C@@H](Cc2ccccc2)C(=O)NC2CCCC2)c(Br)c1. The van der Waals surface area contributed by atoms with Crippen molar-refractivity contribution >= 4 is 39.3 Å². The molecule has 1 N–H and O–H groups in total. The summed E-state index contributed by atoms with van der Waals surface area (Å²) in [7, 11) is 0. The second-order valence-corrected chi connectivity index (χ2v) is 11.0. The summed E-state index contributed by atoms with van der Waals surface area (Å²) < 4.78 is 6.76. The van der Waals surface area contributed by atoms with Crippen molar-refractivity contribution in [3.05, 3.63) is 99.0 Å². The van der Waals surface area contributed by atoms with Crippen LogP contribution in [-0.2, 0) is 29.0 Å². The van der Waals surface area contributed by atoms with Crippen LogP contribution in [0.1, 0.15) is 49.3 Å². The Morgan fingerprint density at radius 2 is 1.68 bits per heavy atom. The van der Waals surface area contributed by atoms with Crippen LogP contribution in [0.2, 0.25) is 5.02 Å². The molecule has 4 rings (SSSR count). The molecule has 0 unspecified atom stereocenters. The first kappa shape index (κ1) is 28.2. The molecule has 2 amide bonds. The zero-order valence-electron chi connectivity index (χ0n) is 21.7. The molecule has 0 spiro atoms. The van der Waals surface area contributed by atoms with Crippen molar-refractivity contribution in [2.45, 2.75) is 64.1 Å². The highest BCUT2D eigenvalue weighted by Gasteiger charge is 2.32. The number of hydrogen-bond acceptors (Lipinski definition) is 3. The maximum absolute atomic E-state index is 13.8. The fraction of sp³-hybridized carbons (Fsp3) is 0.355. The zero-order chi connectivity index (χ0) is 26.9. The Labute approximate surface area is 238 Å². The second-order valence-electron chi connectivity index (χ2n) is 9.75. The van der Waals surface area contributed by atoms with Crippen molar-refractivity contribution in [3.8, 4) is 5.75 Å². The molecular weight excluding hydrogens is 564 g/mol. The van der Waals surface area contributed by atoms with E-state index in [2.05, 4.69) is 28.2 Å². The van der Waals surface area contributed by atoms with Gasteiger partial charge in [-0.3, -0.25) is 9.59 Å². The lowest BCUT2D eigenvalue weighted by molar-refractivity contribution is -0.143. The summed E-state index contributed by atoms with van der Waals surface area (Å²) in [4.78, 5) is 29.1. The molecule has 0 radical (unpaired) electrons. The first-order chi connectivity index (χ1) is 18.4. The molecule has 200 valence electrons. The van der Waals surface area contributed by atoms with Crippen LogP contribution in [0.25, 0.3) is 0 Å². The fourth-order valence-corrected chi connectivity index (χ4v) is 5.48. The van der Waals surface area contributed by atoms with Crippen LogP contribution in [0.3, 0.4) is 0 Å². The minimum Gasteiger partial charge on any atom is -0.483 e. The van der Waals surface area contributed by atoms with Crippen molar-refractivity contribution in [2.75, 3.05) is 6.61 Å². The van der Waals surface area contributed by atoms with Gasteiger partial charge in [-0.1, -0.05) is 79.9 Å². The standard InChI is InChI=1S/C31H34BrClN2O3/c1-2-22-14-17-29(27(32)18-22)38-21-30(36)35(20-24-12-15-25(33)16-13-24)28(19-23-8-4-3-5-9-23)31(37)34-26-10-6-7-11-26/h3-5,8-9,12-18,26,28H,2,6-7,10-11,19-21H2,1H3,(H,34,37)/t28-/m0/s1. The van der Waals surface area contributed by atoms with Gasteiger partial charge in [-0.15, -0.1) is 0 Å². The van der Waals surface area contributed by atoms with Crippen LogP contribution >= 0.6 is 27.5 Å². The molecule has 0 heterocycles. The molecule has 5 nitrogen and oxygen atoms in total. The number of carbonyl (C=O) groups is 2. The Morgan fingerprint density at radius 3 is 2.34 bits per heavy atom. The molecule has 1 saturated carbocycles. The number of amides is 2.